The number of phenols is 1. The van der Waals surface area contributed by atoms with Gasteiger partial charge in [-0.25, -0.2) is 0 Å². The van der Waals surface area contributed by atoms with Crippen LogP contribution in [0.2, 0.25) is 10.0 Å². The van der Waals surface area contributed by atoms with Gasteiger partial charge in [0.15, 0.2) is 10.9 Å². The van der Waals surface area contributed by atoms with Crippen LogP contribution in [0.1, 0.15) is 5.56 Å². The summed E-state index contributed by atoms with van der Waals surface area (Å²) < 4.78 is 0. The minimum Gasteiger partial charge on any atom is -0.505 e. The molecule has 1 aromatic carbocycles. The molecule has 1 aromatic rings. The third-order valence-electron chi connectivity index (χ3n) is 2.29. The van der Waals surface area contributed by atoms with Crippen molar-refractivity contribution in [1.29, 1.82) is 0 Å². The van der Waals surface area contributed by atoms with Crippen LogP contribution in [-0.4, -0.2) is 22.0 Å². The Kier molecular flexibility index (Phi) is 3.75. The largest absolute Gasteiger partial charge is 0.505 e. The van der Waals surface area contributed by atoms with Gasteiger partial charge in [0.05, 0.1) is 10.0 Å². The number of aromatic hydroxyl groups is 1. The number of nitrogens with one attached hydrogen (secondary N) is 2. The van der Waals surface area contributed by atoms with Crippen LogP contribution in [0, 0.1) is 0 Å². The van der Waals surface area contributed by atoms with E-state index in [0.717, 1.165) is 0 Å². The Morgan fingerprint density at radius 3 is 2.05 bits per heavy atom. The summed E-state index contributed by atoms with van der Waals surface area (Å²) in [6.45, 7) is 0. The van der Waals surface area contributed by atoms with Crippen LogP contribution < -0.4 is 10.6 Å². The zero-order chi connectivity index (χ0) is 14.2. The highest BCUT2D eigenvalue weighted by atomic mass is 35.5. The number of rotatable bonds is 1. The molecule has 1 saturated heterocycles. The van der Waals surface area contributed by atoms with Gasteiger partial charge in [-0.15, -0.1) is 0 Å². The van der Waals surface area contributed by atoms with E-state index in [1.165, 1.54) is 18.2 Å². The summed E-state index contributed by atoms with van der Waals surface area (Å²) in [5.41, 5.74) is 0.271. The van der Waals surface area contributed by atoms with Crippen LogP contribution in [0.4, 0.5) is 0 Å². The maximum absolute atomic E-state index is 11.6. The maximum atomic E-state index is 11.6. The van der Waals surface area contributed by atoms with E-state index in [1.807, 2.05) is 0 Å². The number of hydrogen-bond donors (Lipinski definition) is 3. The molecule has 5 nitrogen and oxygen atoms in total. The summed E-state index contributed by atoms with van der Waals surface area (Å²) in [5.74, 6) is -1.49. The second-order valence-electron chi connectivity index (χ2n) is 3.63. The molecule has 0 unspecified atom stereocenters. The SMILES string of the molecule is O=C1NC(=S)NC(=O)C1=Cc1cc(Cl)c(O)c(Cl)c1. The molecule has 3 N–H and O–H groups in total. The standard InChI is InChI=1S/C11H6Cl2N2O3S/c12-6-2-4(3-7(13)8(6)16)1-5-9(17)14-11(19)15-10(5)18/h1-3,16H,(H2,14,15,17,18,19). The number of thiocarbonyl (C=S) groups is 1. The zero-order valence-electron chi connectivity index (χ0n) is 9.16. The first-order valence-electron chi connectivity index (χ1n) is 4.95. The predicted octanol–water partition coefficient (Wildman–Crippen LogP) is 1.61. The lowest BCUT2D eigenvalue weighted by Gasteiger charge is -2.16. The molecule has 19 heavy (non-hydrogen) atoms. The predicted molar refractivity (Wildman–Crippen MR) is 75.0 cm³/mol. The van der Waals surface area contributed by atoms with E-state index >= 15 is 0 Å². The molecule has 0 atom stereocenters. The van der Waals surface area contributed by atoms with Crippen LogP contribution in [0.3, 0.4) is 0 Å². The third kappa shape index (κ3) is 2.86. The second-order valence-corrected chi connectivity index (χ2v) is 4.85. The van der Waals surface area contributed by atoms with Crippen molar-refractivity contribution in [2.24, 2.45) is 0 Å². The number of phenolic OH excluding ortho intramolecular Hbond substituents is 1. The molecule has 0 aromatic heterocycles. The lowest BCUT2D eigenvalue weighted by atomic mass is 10.1. The molecule has 1 heterocycles. The summed E-state index contributed by atoms with van der Waals surface area (Å²) in [4.78, 5) is 23.2. The highest BCUT2D eigenvalue weighted by Gasteiger charge is 2.25. The van der Waals surface area contributed by atoms with Crippen molar-refractivity contribution in [3.63, 3.8) is 0 Å². The van der Waals surface area contributed by atoms with Crippen molar-refractivity contribution < 1.29 is 14.7 Å². The first-order chi connectivity index (χ1) is 8.88. The fraction of sp³-hybridized carbons (Fsp3) is 0. The molecule has 2 amide bonds. The van der Waals surface area contributed by atoms with Gasteiger partial charge in [0.25, 0.3) is 11.8 Å². The second kappa shape index (κ2) is 5.16. The van der Waals surface area contributed by atoms with Gasteiger partial charge in [-0.2, -0.15) is 0 Å². The van der Waals surface area contributed by atoms with Crippen LogP contribution in [0.15, 0.2) is 17.7 Å². The monoisotopic (exact) mass is 316 g/mol. The molecule has 0 spiro atoms. The van der Waals surface area contributed by atoms with Gasteiger partial charge in [0, 0.05) is 0 Å². The van der Waals surface area contributed by atoms with Crippen molar-refractivity contribution in [1.82, 2.24) is 10.6 Å². The van der Waals surface area contributed by atoms with E-state index in [4.69, 9.17) is 23.2 Å². The molecular formula is C11H6Cl2N2O3S. The van der Waals surface area contributed by atoms with Crippen molar-refractivity contribution in [3.8, 4) is 5.75 Å². The molecule has 1 fully saturated rings. The summed E-state index contributed by atoms with van der Waals surface area (Å²) >= 11 is 16.2. The fourth-order valence-corrected chi connectivity index (χ4v) is 2.13. The van der Waals surface area contributed by atoms with E-state index in [2.05, 4.69) is 22.9 Å². The average molecular weight is 317 g/mol. The van der Waals surface area contributed by atoms with Gasteiger partial charge in [-0.05, 0) is 36.0 Å². The number of halogens is 2. The van der Waals surface area contributed by atoms with Crippen LogP contribution in [0.5, 0.6) is 5.75 Å². The third-order valence-corrected chi connectivity index (χ3v) is 3.07. The van der Waals surface area contributed by atoms with E-state index in [1.54, 1.807) is 0 Å². The minimum absolute atomic E-state index is 0.0199. The van der Waals surface area contributed by atoms with E-state index < -0.39 is 11.8 Å². The fourth-order valence-electron chi connectivity index (χ4n) is 1.44. The summed E-state index contributed by atoms with van der Waals surface area (Å²) in [5, 5.41) is 14.0. The summed E-state index contributed by atoms with van der Waals surface area (Å²) in [7, 11) is 0. The molecule has 2 rings (SSSR count). The molecular weight excluding hydrogens is 311 g/mol. The summed E-state index contributed by atoms with van der Waals surface area (Å²) in [6.07, 6.45) is 1.30. The molecule has 1 aliphatic rings. The van der Waals surface area contributed by atoms with E-state index in [-0.39, 0.29) is 26.5 Å². The maximum Gasteiger partial charge on any atom is 0.263 e. The lowest BCUT2D eigenvalue weighted by Crippen LogP contribution is -2.51. The molecule has 0 saturated carbocycles. The van der Waals surface area contributed by atoms with E-state index in [0.29, 0.717) is 5.56 Å². The van der Waals surface area contributed by atoms with Crippen molar-refractivity contribution in [3.05, 3.63) is 33.3 Å². The number of hydrogen-bond acceptors (Lipinski definition) is 4. The van der Waals surface area contributed by atoms with Gasteiger partial charge in [0.2, 0.25) is 0 Å². The highest BCUT2D eigenvalue weighted by Crippen LogP contribution is 2.33. The Labute approximate surface area is 123 Å². The van der Waals surface area contributed by atoms with Crippen LogP contribution in [-0.2, 0) is 9.59 Å². The molecule has 8 heteroatoms. The van der Waals surface area contributed by atoms with Gasteiger partial charge in [-0.1, -0.05) is 23.2 Å². The average Bonchev–Trinajstić information content (AvgIpc) is 2.30. The topological polar surface area (TPSA) is 78.4 Å². The van der Waals surface area contributed by atoms with Crippen LogP contribution in [0.25, 0.3) is 6.08 Å². The molecule has 0 bridgehead atoms. The first-order valence-corrected chi connectivity index (χ1v) is 6.11. The Bertz CT molecular complexity index is 598. The number of benzene rings is 1. The molecule has 0 radical (unpaired) electrons. The molecule has 0 aliphatic carbocycles. The first kappa shape index (κ1) is 13.8. The Hall–Kier alpha value is -1.63. The Balaban J connectivity index is 2.43. The lowest BCUT2D eigenvalue weighted by molar-refractivity contribution is -0.123. The van der Waals surface area contributed by atoms with Crippen LogP contribution >= 0.6 is 35.4 Å². The number of amides is 2. The number of carbonyl (C=O) groups is 2. The Morgan fingerprint density at radius 2 is 1.58 bits per heavy atom. The quantitative estimate of drug-likeness (QED) is 0.418. The van der Waals surface area contributed by atoms with Gasteiger partial charge < -0.3 is 5.11 Å². The molecule has 98 valence electrons. The van der Waals surface area contributed by atoms with Gasteiger partial charge in [0.1, 0.15) is 5.57 Å². The minimum atomic E-state index is -0.617. The van der Waals surface area contributed by atoms with Crippen molar-refractivity contribution in [2.45, 2.75) is 0 Å². The van der Waals surface area contributed by atoms with Crippen molar-refractivity contribution >= 4 is 58.4 Å². The number of carbonyl (C=O) groups excluding carboxylic acids is 2. The Morgan fingerprint density at radius 1 is 1.11 bits per heavy atom. The normalized spacial score (nSPS) is 15.1. The van der Waals surface area contributed by atoms with Gasteiger partial charge in [-0.3, -0.25) is 20.2 Å². The zero-order valence-corrected chi connectivity index (χ0v) is 11.5. The summed E-state index contributed by atoms with van der Waals surface area (Å²) in [6, 6.07) is 2.76. The van der Waals surface area contributed by atoms with Crippen molar-refractivity contribution in [2.75, 3.05) is 0 Å². The van der Waals surface area contributed by atoms with E-state index in [9.17, 15) is 14.7 Å². The molecule has 1 aliphatic heterocycles. The highest BCUT2D eigenvalue weighted by molar-refractivity contribution is 7.80. The van der Waals surface area contributed by atoms with Gasteiger partial charge >= 0.3 is 0 Å². The smallest absolute Gasteiger partial charge is 0.263 e.